The number of aromatic nitrogens is 3. The van der Waals surface area contributed by atoms with Gasteiger partial charge < -0.3 is 5.32 Å². The van der Waals surface area contributed by atoms with E-state index in [9.17, 15) is 0 Å². The lowest BCUT2D eigenvalue weighted by Gasteiger charge is -2.09. The fourth-order valence-electron chi connectivity index (χ4n) is 1.63. The number of rotatable bonds is 4. The lowest BCUT2D eigenvalue weighted by molar-refractivity contribution is 0.622. The van der Waals surface area contributed by atoms with E-state index in [1.807, 2.05) is 36.7 Å². The van der Waals surface area contributed by atoms with Crippen molar-refractivity contribution in [1.82, 2.24) is 14.8 Å². The molecule has 0 aliphatic heterocycles. The van der Waals surface area contributed by atoms with Crippen molar-refractivity contribution in [2.45, 2.75) is 26.9 Å². The van der Waals surface area contributed by atoms with Gasteiger partial charge in [0, 0.05) is 6.54 Å². The van der Waals surface area contributed by atoms with Gasteiger partial charge >= 0.3 is 0 Å². The molecule has 0 atom stereocenters. The van der Waals surface area contributed by atoms with Crippen molar-refractivity contribution in [3.05, 3.63) is 40.9 Å². The Balaban J connectivity index is 2.07. The van der Waals surface area contributed by atoms with Gasteiger partial charge in [-0.25, -0.2) is 9.67 Å². The number of nitrogens with zero attached hydrogens (tertiary/aromatic N) is 3. The Hall–Kier alpha value is -1.55. The van der Waals surface area contributed by atoms with Crippen molar-refractivity contribution in [1.29, 1.82) is 0 Å². The van der Waals surface area contributed by atoms with Crippen molar-refractivity contribution in [2.24, 2.45) is 0 Å². The summed E-state index contributed by atoms with van der Waals surface area (Å²) >= 11 is 6.14. The Kier molecular flexibility index (Phi) is 3.64. The topological polar surface area (TPSA) is 42.7 Å². The molecule has 5 heteroatoms. The van der Waals surface area contributed by atoms with Gasteiger partial charge in [-0.1, -0.05) is 17.7 Å². The van der Waals surface area contributed by atoms with E-state index in [1.54, 1.807) is 6.33 Å². The van der Waals surface area contributed by atoms with E-state index >= 15 is 0 Å². The molecule has 0 bridgehead atoms. The summed E-state index contributed by atoms with van der Waals surface area (Å²) in [7, 11) is 0. The third-order valence-electron chi connectivity index (χ3n) is 2.56. The number of anilines is 1. The molecule has 4 nitrogen and oxygen atoms in total. The highest BCUT2D eigenvalue weighted by atomic mass is 35.5. The molecule has 0 unspecified atom stereocenters. The van der Waals surface area contributed by atoms with Crippen LogP contribution in [0.15, 0.2) is 24.5 Å². The molecule has 0 saturated carbocycles. The molecule has 17 heavy (non-hydrogen) atoms. The molecule has 0 aliphatic carbocycles. The van der Waals surface area contributed by atoms with Gasteiger partial charge in [-0.3, -0.25) is 0 Å². The number of nitrogens with one attached hydrogen (secondary N) is 1. The third kappa shape index (κ3) is 2.77. The molecular weight excluding hydrogens is 236 g/mol. The van der Waals surface area contributed by atoms with Crippen molar-refractivity contribution < 1.29 is 0 Å². The second-order valence-electron chi connectivity index (χ2n) is 3.83. The molecule has 1 N–H and O–H groups in total. The van der Waals surface area contributed by atoms with E-state index < -0.39 is 0 Å². The predicted octanol–water partition coefficient (Wildman–Crippen LogP) is 2.87. The largest absolute Gasteiger partial charge is 0.377 e. The Bertz CT molecular complexity index is 507. The number of hydrogen-bond donors (Lipinski definition) is 1. The molecule has 1 aromatic carbocycles. The lowest BCUT2D eigenvalue weighted by atomic mass is 10.2. The van der Waals surface area contributed by atoms with E-state index in [2.05, 4.69) is 15.4 Å². The normalized spacial score (nSPS) is 10.5. The van der Waals surface area contributed by atoms with Crippen LogP contribution in [0.4, 0.5) is 5.69 Å². The number of hydrogen-bond acceptors (Lipinski definition) is 3. The van der Waals surface area contributed by atoms with Gasteiger partial charge in [0.2, 0.25) is 0 Å². The van der Waals surface area contributed by atoms with Gasteiger partial charge in [-0.15, -0.1) is 0 Å². The van der Waals surface area contributed by atoms with Crippen molar-refractivity contribution in [3.8, 4) is 0 Å². The molecule has 0 saturated heterocycles. The fourth-order valence-corrected chi connectivity index (χ4v) is 1.93. The quantitative estimate of drug-likeness (QED) is 0.907. The molecule has 0 radical (unpaired) electrons. The first-order chi connectivity index (χ1) is 8.20. The van der Waals surface area contributed by atoms with Crippen LogP contribution in [-0.4, -0.2) is 14.8 Å². The van der Waals surface area contributed by atoms with Gasteiger partial charge in [0.15, 0.2) is 0 Å². The first-order valence-corrected chi connectivity index (χ1v) is 5.95. The van der Waals surface area contributed by atoms with Crippen LogP contribution in [-0.2, 0) is 13.1 Å². The molecule has 2 rings (SSSR count). The summed E-state index contributed by atoms with van der Waals surface area (Å²) in [4.78, 5) is 4.20. The molecule has 2 aromatic rings. The van der Waals surface area contributed by atoms with Crippen LogP contribution in [0.5, 0.6) is 0 Å². The van der Waals surface area contributed by atoms with E-state index in [4.69, 9.17) is 11.6 Å². The minimum Gasteiger partial charge on any atom is -0.377 e. The van der Waals surface area contributed by atoms with Crippen LogP contribution in [0.1, 0.15) is 18.3 Å². The smallest absolute Gasteiger partial charge is 0.146 e. The van der Waals surface area contributed by atoms with E-state index in [1.165, 1.54) is 0 Å². The standard InChI is InChI=1S/C12H15ClN4/c1-3-17-12(15-8-16-17)7-14-11-5-4-9(2)6-10(11)13/h4-6,8,14H,3,7H2,1-2H3. The highest BCUT2D eigenvalue weighted by molar-refractivity contribution is 6.33. The van der Waals surface area contributed by atoms with Crippen molar-refractivity contribution in [2.75, 3.05) is 5.32 Å². The van der Waals surface area contributed by atoms with E-state index in [0.29, 0.717) is 6.54 Å². The number of aryl methyl sites for hydroxylation is 2. The zero-order valence-corrected chi connectivity index (χ0v) is 10.7. The molecule has 0 fully saturated rings. The summed E-state index contributed by atoms with van der Waals surface area (Å²) < 4.78 is 1.86. The van der Waals surface area contributed by atoms with Crippen LogP contribution in [0, 0.1) is 6.92 Å². The number of halogens is 1. The van der Waals surface area contributed by atoms with Crippen LogP contribution in [0.3, 0.4) is 0 Å². The molecule has 0 aliphatic rings. The Labute approximate surface area is 106 Å². The summed E-state index contributed by atoms with van der Waals surface area (Å²) in [5.41, 5.74) is 2.07. The molecule has 0 amide bonds. The Morgan fingerprint density at radius 1 is 1.41 bits per heavy atom. The molecule has 1 heterocycles. The molecule has 1 aromatic heterocycles. The minimum atomic E-state index is 0.622. The zero-order chi connectivity index (χ0) is 12.3. The highest BCUT2D eigenvalue weighted by Crippen LogP contribution is 2.22. The first-order valence-electron chi connectivity index (χ1n) is 5.57. The van der Waals surface area contributed by atoms with Gasteiger partial charge in [-0.2, -0.15) is 5.10 Å². The second-order valence-corrected chi connectivity index (χ2v) is 4.24. The average molecular weight is 251 g/mol. The monoisotopic (exact) mass is 250 g/mol. The second kappa shape index (κ2) is 5.19. The van der Waals surface area contributed by atoms with Crippen molar-refractivity contribution in [3.63, 3.8) is 0 Å². The zero-order valence-electron chi connectivity index (χ0n) is 9.94. The molecule has 90 valence electrons. The SMILES string of the molecule is CCn1ncnc1CNc1ccc(C)cc1Cl. The molecular formula is C12H15ClN4. The summed E-state index contributed by atoms with van der Waals surface area (Å²) in [5.74, 6) is 0.907. The maximum atomic E-state index is 6.14. The lowest BCUT2D eigenvalue weighted by Crippen LogP contribution is -2.09. The van der Waals surface area contributed by atoms with E-state index in [0.717, 1.165) is 28.6 Å². The van der Waals surface area contributed by atoms with Crippen LogP contribution >= 0.6 is 11.6 Å². The van der Waals surface area contributed by atoms with Gasteiger partial charge in [0.05, 0.1) is 17.3 Å². The maximum Gasteiger partial charge on any atom is 0.146 e. The van der Waals surface area contributed by atoms with Crippen molar-refractivity contribution >= 4 is 17.3 Å². The highest BCUT2D eigenvalue weighted by Gasteiger charge is 2.04. The summed E-state index contributed by atoms with van der Waals surface area (Å²) in [6.45, 7) is 5.50. The van der Waals surface area contributed by atoms with Gasteiger partial charge in [0.25, 0.3) is 0 Å². The minimum absolute atomic E-state index is 0.622. The summed E-state index contributed by atoms with van der Waals surface area (Å²) in [6, 6.07) is 5.94. The summed E-state index contributed by atoms with van der Waals surface area (Å²) in [5, 5.41) is 8.11. The fraction of sp³-hybridized carbons (Fsp3) is 0.333. The van der Waals surface area contributed by atoms with Crippen LogP contribution in [0.25, 0.3) is 0 Å². The van der Waals surface area contributed by atoms with Crippen LogP contribution in [0.2, 0.25) is 5.02 Å². The van der Waals surface area contributed by atoms with E-state index in [-0.39, 0.29) is 0 Å². The Morgan fingerprint density at radius 2 is 2.24 bits per heavy atom. The van der Waals surface area contributed by atoms with Crippen LogP contribution < -0.4 is 5.32 Å². The van der Waals surface area contributed by atoms with Gasteiger partial charge in [-0.05, 0) is 31.5 Å². The predicted molar refractivity (Wildman–Crippen MR) is 69.2 cm³/mol. The first kappa shape index (κ1) is 11.9. The molecule has 0 spiro atoms. The number of benzene rings is 1. The maximum absolute atomic E-state index is 6.14. The van der Waals surface area contributed by atoms with Gasteiger partial charge in [0.1, 0.15) is 12.2 Å². The average Bonchev–Trinajstić information content (AvgIpc) is 2.75. The Morgan fingerprint density at radius 3 is 2.94 bits per heavy atom. The third-order valence-corrected chi connectivity index (χ3v) is 2.87. The summed E-state index contributed by atoms with van der Waals surface area (Å²) in [6.07, 6.45) is 1.57.